The van der Waals surface area contributed by atoms with Crippen molar-refractivity contribution in [2.45, 2.75) is 13.0 Å². The van der Waals surface area contributed by atoms with Crippen LogP contribution in [0.15, 0.2) is 40.9 Å². The molecular formula is C16H13BrF3NO. The molecule has 0 spiro atoms. The van der Waals surface area contributed by atoms with Crippen LogP contribution in [0.1, 0.15) is 28.9 Å². The first-order valence-corrected chi connectivity index (χ1v) is 7.27. The average molecular weight is 372 g/mol. The van der Waals surface area contributed by atoms with E-state index in [0.717, 1.165) is 12.1 Å². The summed E-state index contributed by atoms with van der Waals surface area (Å²) < 4.78 is 39.7. The zero-order valence-electron chi connectivity index (χ0n) is 11.9. The molecule has 22 heavy (non-hydrogen) atoms. The van der Waals surface area contributed by atoms with Crippen molar-refractivity contribution in [2.75, 3.05) is 7.05 Å². The first-order valence-electron chi connectivity index (χ1n) is 6.48. The predicted molar refractivity (Wildman–Crippen MR) is 81.0 cm³/mol. The van der Waals surface area contributed by atoms with Gasteiger partial charge in [-0.1, -0.05) is 6.07 Å². The largest absolute Gasteiger partial charge is 0.335 e. The second kappa shape index (κ2) is 6.52. The van der Waals surface area contributed by atoms with E-state index in [1.54, 1.807) is 14.0 Å². The molecule has 0 saturated carbocycles. The van der Waals surface area contributed by atoms with Gasteiger partial charge >= 0.3 is 0 Å². The van der Waals surface area contributed by atoms with Gasteiger partial charge in [0.15, 0.2) is 11.6 Å². The molecular weight excluding hydrogens is 359 g/mol. The third kappa shape index (κ3) is 3.32. The molecule has 0 radical (unpaired) electrons. The lowest BCUT2D eigenvalue weighted by molar-refractivity contribution is 0.0741. The molecule has 0 bridgehead atoms. The standard InChI is InChI=1S/C16H13BrF3NO/c1-9(10-3-6-14(19)15(20)7-10)21(2)16(22)12-5-4-11(18)8-13(12)17/h3-9H,1-2H3. The van der Waals surface area contributed by atoms with Gasteiger partial charge in [-0.05, 0) is 58.7 Å². The normalized spacial score (nSPS) is 12.1. The molecule has 0 saturated heterocycles. The molecule has 0 fully saturated rings. The Morgan fingerprint density at radius 1 is 1.09 bits per heavy atom. The van der Waals surface area contributed by atoms with Crippen LogP contribution in [-0.4, -0.2) is 17.9 Å². The number of carbonyl (C=O) groups is 1. The number of halogens is 4. The Morgan fingerprint density at radius 2 is 1.77 bits per heavy atom. The summed E-state index contributed by atoms with van der Waals surface area (Å²) in [6, 6.07) is 6.79. The molecule has 0 aliphatic heterocycles. The summed E-state index contributed by atoms with van der Waals surface area (Å²) in [4.78, 5) is 13.8. The highest BCUT2D eigenvalue weighted by Gasteiger charge is 2.21. The smallest absolute Gasteiger partial charge is 0.255 e. The summed E-state index contributed by atoms with van der Waals surface area (Å²) in [6.07, 6.45) is 0. The van der Waals surface area contributed by atoms with Crippen LogP contribution in [0.2, 0.25) is 0 Å². The lowest BCUT2D eigenvalue weighted by atomic mass is 10.1. The van der Waals surface area contributed by atoms with Crippen LogP contribution < -0.4 is 0 Å². The van der Waals surface area contributed by atoms with Crippen molar-refractivity contribution in [3.05, 3.63) is 69.4 Å². The highest BCUT2D eigenvalue weighted by molar-refractivity contribution is 9.10. The quantitative estimate of drug-likeness (QED) is 0.765. The minimum absolute atomic E-state index is 0.290. The lowest BCUT2D eigenvalue weighted by Crippen LogP contribution is -2.30. The first-order chi connectivity index (χ1) is 10.3. The topological polar surface area (TPSA) is 20.3 Å². The lowest BCUT2D eigenvalue weighted by Gasteiger charge is -2.26. The maximum atomic E-state index is 13.3. The van der Waals surface area contributed by atoms with E-state index in [9.17, 15) is 18.0 Å². The number of carbonyl (C=O) groups excluding carboxylic acids is 1. The molecule has 0 aliphatic rings. The van der Waals surface area contributed by atoms with Gasteiger partial charge in [-0.2, -0.15) is 0 Å². The van der Waals surface area contributed by atoms with Crippen LogP contribution in [0.3, 0.4) is 0 Å². The Hall–Kier alpha value is -1.82. The molecule has 0 heterocycles. The summed E-state index contributed by atoms with van der Waals surface area (Å²) >= 11 is 3.15. The molecule has 0 aromatic heterocycles. The summed E-state index contributed by atoms with van der Waals surface area (Å²) in [7, 11) is 1.55. The van der Waals surface area contributed by atoms with Crippen molar-refractivity contribution in [1.82, 2.24) is 4.90 Å². The van der Waals surface area contributed by atoms with Crippen molar-refractivity contribution < 1.29 is 18.0 Å². The number of hydrogen-bond acceptors (Lipinski definition) is 1. The minimum atomic E-state index is -0.965. The maximum absolute atomic E-state index is 13.3. The molecule has 2 rings (SSSR count). The molecule has 116 valence electrons. The van der Waals surface area contributed by atoms with Gasteiger partial charge in [0.2, 0.25) is 0 Å². The predicted octanol–water partition coefficient (Wildman–Crippen LogP) is 4.70. The van der Waals surface area contributed by atoms with E-state index in [1.807, 2.05) is 0 Å². The fraction of sp³-hybridized carbons (Fsp3) is 0.188. The minimum Gasteiger partial charge on any atom is -0.335 e. The van der Waals surface area contributed by atoms with Gasteiger partial charge in [0, 0.05) is 11.5 Å². The van der Waals surface area contributed by atoms with Crippen molar-refractivity contribution in [1.29, 1.82) is 0 Å². The molecule has 0 N–H and O–H groups in total. The molecule has 6 heteroatoms. The van der Waals surface area contributed by atoms with E-state index in [4.69, 9.17) is 0 Å². The van der Waals surface area contributed by atoms with Gasteiger partial charge in [-0.25, -0.2) is 13.2 Å². The van der Waals surface area contributed by atoms with E-state index in [-0.39, 0.29) is 5.91 Å². The first kappa shape index (κ1) is 16.5. The molecule has 2 aromatic rings. The Balaban J connectivity index is 2.27. The summed E-state index contributed by atoms with van der Waals surface area (Å²) in [5, 5.41) is 0. The molecule has 1 atom stereocenters. The number of benzene rings is 2. The highest BCUT2D eigenvalue weighted by Crippen LogP contribution is 2.25. The molecule has 2 nitrogen and oxygen atoms in total. The summed E-state index contributed by atoms with van der Waals surface area (Å²) in [5.41, 5.74) is 0.756. The molecule has 1 amide bonds. The van der Waals surface area contributed by atoms with Crippen LogP contribution in [0.5, 0.6) is 0 Å². The monoisotopic (exact) mass is 371 g/mol. The van der Waals surface area contributed by atoms with Gasteiger partial charge in [0.05, 0.1) is 11.6 Å². The summed E-state index contributed by atoms with van der Waals surface area (Å²) in [5.74, 6) is -2.72. The van der Waals surface area contributed by atoms with Crippen LogP contribution >= 0.6 is 15.9 Å². The Bertz CT molecular complexity index is 721. The fourth-order valence-corrected chi connectivity index (χ4v) is 2.55. The zero-order chi connectivity index (χ0) is 16.4. The van der Waals surface area contributed by atoms with Gasteiger partial charge in [0.1, 0.15) is 5.82 Å². The van der Waals surface area contributed by atoms with Crippen LogP contribution in [-0.2, 0) is 0 Å². The zero-order valence-corrected chi connectivity index (χ0v) is 13.5. The van der Waals surface area contributed by atoms with Crippen molar-refractivity contribution >= 4 is 21.8 Å². The van der Waals surface area contributed by atoms with E-state index in [0.29, 0.717) is 15.6 Å². The Morgan fingerprint density at radius 3 is 2.36 bits per heavy atom. The average Bonchev–Trinajstić information content (AvgIpc) is 2.48. The fourth-order valence-electron chi connectivity index (χ4n) is 2.02. The van der Waals surface area contributed by atoms with E-state index < -0.39 is 23.5 Å². The SMILES string of the molecule is CC(c1ccc(F)c(F)c1)N(C)C(=O)c1ccc(F)cc1Br. The van der Waals surface area contributed by atoms with Gasteiger partial charge in [0.25, 0.3) is 5.91 Å². The van der Waals surface area contributed by atoms with Crippen molar-refractivity contribution in [2.24, 2.45) is 0 Å². The second-order valence-corrected chi connectivity index (χ2v) is 5.74. The van der Waals surface area contributed by atoms with Crippen LogP contribution in [0, 0.1) is 17.5 Å². The van der Waals surface area contributed by atoms with Crippen molar-refractivity contribution in [3.8, 4) is 0 Å². The second-order valence-electron chi connectivity index (χ2n) is 4.89. The van der Waals surface area contributed by atoms with Crippen LogP contribution in [0.4, 0.5) is 13.2 Å². The van der Waals surface area contributed by atoms with E-state index in [1.165, 1.54) is 29.2 Å². The maximum Gasteiger partial charge on any atom is 0.255 e. The number of hydrogen-bond donors (Lipinski definition) is 0. The van der Waals surface area contributed by atoms with E-state index in [2.05, 4.69) is 15.9 Å². The Labute approximate surface area is 134 Å². The van der Waals surface area contributed by atoms with Crippen LogP contribution in [0.25, 0.3) is 0 Å². The molecule has 2 aromatic carbocycles. The van der Waals surface area contributed by atoms with Gasteiger partial charge in [-0.3, -0.25) is 4.79 Å². The summed E-state index contributed by atoms with van der Waals surface area (Å²) in [6.45, 7) is 1.70. The molecule has 0 aliphatic carbocycles. The third-order valence-corrected chi connectivity index (χ3v) is 4.14. The number of amides is 1. The van der Waals surface area contributed by atoms with Gasteiger partial charge < -0.3 is 4.90 Å². The van der Waals surface area contributed by atoms with Crippen molar-refractivity contribution in [3.63, 3.8) is 0 Å². The Kier molecular flexibility index (Phi) is 4.90. The third-order valence-electron chi connectivity index (χ3n) is 3.49. The number of nitrogens with zero attached hydrogens (tertiary/aromatic N) is 1. The number of rotatable bonds is 3. The van der Waals surface area contributed by atoms with E-state index >= 15 is 0 Å². The van der Waals surface area contributed by atoms with Gasteiger partial charge in [-0.15, -0.1) is 0 Å². The highest BCUT2D eigenvalue weighted by atomic mass is 79.9. The molecule has 1 unspecified atom stereocenters.